The summed E-state index contributed by atoms with van der Waals surface area (Å²) in [4.78, 5) is 14.3. The van der Waals surface area contributed by atoms with E-state index in [4.69, 9.17) is 4.74 Å². The van der Waals surface area contributed by atoms with Gasteiger partial charge in [-0.25, -0.2) is 4.79 Å². The molecule has 0 saturated carbocycles. The Labute approximate surface area is 144 Å². The molecule has 5 nitrogen and oxygen atoms in total. The van der Waals surface area contributed by atoms with Crippen molar-refractivity contribution in [1.82, 2.24) is 9.91 Å². The van der Waals surface area contributed by atoms with Gasteiger partial charge in [-0.05, 0) is 46.1 Å². The molecule has 1 amide bonds. The maximum Gasteiger partial charge on any atom is 0.411 e. The van der Waals surface area contributed by atoms with Crippen LogP contribution in [0.3, 0.4) is 0 Å². The van der Waals surface area contributed by atoms with Gasteiger partial charge in [0.1, 0.15) is 5.60 Å². The molecule has 2 aliphatic heterocycles. The molecule has 0 bridgehead atoms. The number of nitrogens with zero attached hydrogens (tertiary/aromatic N) is 3. The van der Waals surface area contributed by atoms with E-state index in [2.05, 4.69) is 41.3 Å². The minimum Gasteiger partial charge on any atom is -0.444 e. The predicted octanol–water partition coefficient (Wildman–Crippen LogP) is 3.82. The first kappa shape index (κ1) is 16.8. The second kappa shape index (κ2) is 6.11. The largest absolute Gasteiger partial charge is 0.444 e. The zero-order chi connectivity index (χ0) is 17.4. The number of benzene rings is 1. The third kappa shape index (κ3) is 3.71. The van der Waals surface area contributed by atoms with E-state index in [0.29, 0.717) is 6.04 Å². The summed E-state index contributed by atoms with van der Waals surface area (Å²) in [5.74, 6) is 0. The zero-order valence-corrected chi connectivity index (χ0v) is 15.0. The number of carbonyl (C=O) groups is 1. The van der Waals surface area contributed by atoms with Crippen LogP contribution in [0.25, 0.3) is 0 Å². The normalized spacial score (nSPS) is 26.9. The number of likely N-dealkylation sites (tertiary alicyclic amines) is 1. The van der Waals surface area contributed by atoms with E-state index >= 15 is 0 Å². The van der Waals surface area contributed by atoms with Gasteiger partial charge in [0.25, 0.3) is 0 Å². The number of hydrogen-bond acceptors (Lipinski definition) is 4. The number of hydrazone groups is 1. The second-order valence-corrected chi connectivity index (χ2v) is 7.89. The molecule has 2 fully saturated rings. The molecule has 24 heavy (non-hydrogen) atoms. The van der Waals surface area contributed by atoms with Crippen LogP contribution in [-0.4, -0.2) is 46.4 Å². The molecule has 5 heteroatoms. The van der Waals surface area contributed by atoms with Crippen LogP contribution in [0.15, 0.2) is 35.4 Å². The molecule has 0 aliphatic carbocycles. The molecule has 2 atom stereocenters. The fourth-order valence-electron chi connectivity index (χ4n) is 3.15. The average Bonchev–Trinajstić information content (AvgIpc) is 3.19. The quantitative estimate of drug-likeness (QED) is 0.625. The van der Waals surface area contributed by atoms with E-state index in [1.54, 1.807) is 0 Å². The average molecular weight is 329 g/mol. The van der Waals surface area contributed by atoms with E-state index < -0.39 is 5.60 Å². The molecule has 0 aromatic heterocycles. The highest BCUT2D eigenvalue weighted by atomic mass is 16.6. The lowest BCUT2D eigenvalue weighted by Crippen LogP contribution is -2.48. The zero-order valence-electron chi connectivity index (χ0n) is 15.0. The summed E-state index contributed by atoms with van der Waals surface area (Å²) in [6, 6.07) is 10.8. The maximum absolute atomic E-state index is 12.5. The summed E-state index contributed by atoms with van der Waals surface area (Å²) in [5, 5.41) is 6.70. The van der Waals surface area contributed by atoms with Crippen molar-refractivity contribution in [2.45, 2.75) is 57.7 Å². The number of hydrogen-bond donors (Lipinski definition) is 0. The van der Waals surface area contributed by atoms with Crippen molar-refractivity contribution in [3.05, 3.63) is 35.9 Å². The lowest BCUT2D eigenvalue weighted by Gasteiger charge is -2.33. The van der Waals surface area contributed by atoms with Crippen LogP contribution in [0, 0.1) is 0 Å². The highest BCUT2D eigenvalue weighted by molar-refractivity contribution is 5.79. The monoisotopic (exact) mass is 329 g/mol. The van der Waals surface area contributed by atoms with Gasteiger partial charge < -0.3 is 4.74 Å². The van der Waals surface area contributed by atoms with Crippen LogP contribution >= 0.6 is 0 Å². The Morgan fingerprint density at radius 1 is 1.33 bits per heavy atom. The Hall–Kier alpha value is -2.04. The predicted molar refractivity (Wildman–Crippen MR) is 95.0 cm³/mol. The molecular formula is C19H27N3O2. The van der Waals surface area contributed by atoms with Crippen molar-refractivity contribution < 1.29 is 9.53 Å². The molecular weight excluding hydrogens is 302 g/mol. The van der Waals surface area contributed by atoms with Crippen molar-refractivity contribution in [3.63, 3.8) is 0 Å². The molecule has 0 N–H and O–H groups in total. The summed E-state index contributed by atoms with van der Waals surface area (Å²) in [5.41, 5.74) is 0.442. The number of ether oxygens (including phenoxy) is 1. The van der Waals surface area contributed by atoms with Crippen molar-refractivity contribution in [3.8, 4) is 0 Å². The number of amides is 1. The molecule has 1 aromatic rings. The van der Waals surface area contributed by atoms with Gasteiger partial charge in [0, 0.05) is 6.54 Å². The molecule has 0 radical (unpaired) electrons. The minimum absolute atomic E-state index is 0.251. The molecule has 2 saturated heterocycles. The van der Waals surface area contributed by atoms with Gasteiger partial charge in [-0.2, -0.15) is 5.10 Å². The molecule has 0 spiro atoms. The van der Waals surface area contributed by atoms with Crippen molar-refractivity contribution in [1.29, 1.82) is 0 Å². The third-order valence-electron chi connectivity index (χ3n) is 4.55. The second-order valence-electron chi connectivity index (χ2n) is 7.89. The van der Waals surface area contributed by atoms with Crippen molar-refractivity contribution in [2.75, 3.05) is 13.1 Å². The van der Waals surface area contributed by atoms with E-state index in [0.717, 1.165) is 25.9 Å². The summed E-state index contributed by atoms with van der Waals surface area (Å²) >= 11 is 0. The fourth-order valence-corrected chi connectivity index (χ4v) is 3.15. The summed E-state index contributed by atoms with van der Waals surface area (Å²) < 4.78 is 5.54. The smallest absolute Gasteiger partial charge is 0.411 e. The maximum atomic E-state index is 12.5. The first-order valence-electron chi connectivity index (χ1n) is 8.66. The van der Waals surface area contributed by atoms with Crippen molar-refractivity contribution in [2.24, 2.45) is 5.10 Å². The Bertz CT molecular complexity index is 623. The highest BCUT2D eigenvalue weighted by Gasteiger charge is 2.42. The Morgan fingerprint density at radius 2 is 2.04 bits per heavy atom. The lowest BCUT2D eigenvalue weighted by atomic mass is 10.0. The van der Waals surface area contributed by atoms with Crippen LogP contribution in [0.1, 0.15) is 52.1 Å². The van der Waals surface area contributed by atoms with Gasteiger partial charge in [-0.3, -0.25) is 9.91 Å². The van der Waals surface area contributed by atoms with E-state index in [9.17, 15) is 4.79 Å². The third-order valence-corrected chi connectivity index (χ3v) is 4.55. The summed E-state index contributed by atoms with van der Waals surface area (Å²) in [6.07, 6.45) is 3.57. The molecule has 2 unspecified atom stereocenters. The van der Waals surface area contributed by atoms with Crippen LogP contribution in [0.2, 0.25) is 0 Å². The molecule has 3 rings (SSSR count). The van der Waals surface area contributed by atoms with E-state index in [1.807, 2.05) is 38.0 Å². The number of carbonyl (C=O) groups excluding carboxylic acids is 1. The highest BCUT2D eigenvalue weighted by Crippen LogP contribution is 2.36. The first-order valence-corrected chi connectivity index (χ1v) is 8.66. The van der Waals surface area contributed by atoms with Crippen LogP contribution in [0.5, 0.6) is 0 Å². The Kier molecular flexibility index (Phi) is 4.28. The Morgan fingerprint density at radius 3 is 2.71 bits per heavy atom. The molecule has 1 aromatic carbocycles. The van der Waals surface area contributed by atoms with Gasteiger partial charge in [0.15, 0.2) is 0 Å². The minimum atomic E-state index is -0.476. The summed E-state index contributed by atoms with van der Waals surface area (Å²) in [7, 11) is 0. The molecule has 2 aliphatic rings. The first-order chi connectivity index (χ1) is 11.3. The Balaban J connectivity index is 1.64. The summed E-state index contributed by atoms with van der Waals surface area (Å²) in [6.45, 7) is 9.41. The molecule has 130 valence electrons. The standard InChI is InChI=1S/C19H27N3O2/c1-18(2,3)24-17(23)21-12-8-11-19(21,4)14-20-22-13-16(22)15-9-6-5-7-10-15/h5-7,9-10,14,16H,8,11-13H2,1-4H3/b20-14+. The fraction of sp³-hybridized carbons (Fsp3) is 0.579. The topological polar surface area (TPSA) is 44.9 Å². The van der Waals surface area contributed by atoms with Gasteiger partial charge >= 0.3 is 6.09 Å². The number of rotatable bonds is 3. The van der Waals surface area contributed by atoms with Crippen LogP contribution < -0.4 is 0 Å². The van der Waals surface area contributed by atoms with Crippen LogP contribution in [0.4, 0.5) is 4.79 Å². The van der Waals surface area contributed by atoms with E-state index in [1.165, 1.54) is 5.56 Å². The van der Waals surface area contributed by atoms with E-state index in [-0.39, 0.29) is 11.6 Å². The van der Waals surface area contributed by atoms with Gasteiger partial charge in [-0.1, -0.05) is 30.3 Å². The van der Waals surface area contributed by atoms with Crippen molar-refractivity contribution >= 4 is 12.3 Å². The molecule has 2 heterocycles. The van der Waals surface area contributed by atoms with Crippen LogP contribution in [-0.2, 0) is 4.74 Å². The SMILES string of the molecule is CC(C)(C)OC(=O)N1CCCC1(C)/C=N/N1CC1c1ccccc1. The van der Waals surface area contributed by atoms with Gasteiger partial charge in [0.05, 0.1) is 24.3 Å². The van der Waals surface area contributed by atoms with Gasteiger partial charge in [-0.15, -0.1) is 0 Å². The van der Waals surface area contributed by atoms with Gasteiger partial charge in [0.2, 0.25) is 0 Å². The lowest BCUT2D eigenvalue weighted by molar-refractivity contribution is 0.0193.